The summed E-state index contributed by atoms with van der Waals surface area (Å²) < 4.78 is 0. The Morgan fingerprint density at radius 3 is 1.72 bits per heavy atom. The van der Waals surface area contributed by atoms with Gasteiger partial charge >= 0.3 is 0 Å². The molecule has 1 heterocycles. The number of hydrogen-bond acceptors (Lipinski definition) is 4. The molecular formula is C35H34N4. The molecule has 0 unspecified atom stereocenters. The standard InChI is InChI=1S/C23H19N.C12H11N.H4N2/c1-17-11-13-20(14-12-17)24-16-15-19-7-3-4-8-21(19)18(2)22-9-5-6-10-23(22)24;1-3-7-11(8-4-1)13-12-9-5-2-6-10-12;1-2/h3-16H,2H2,1H3;1-10,13H;1-2H2/b16-15-;;. The summed E-state index contributed by atoms with van der Waals surface area (Å²) in [7, 11) is 0. The molecule has 6 rings (SSSR count). The van der Waals surface area contributed by atoms with Gasteiger partial charge in [-0.15, -0.1) is 0 Å². The van der Waals surface area contributed by atoms with Gasteiger partial charge in [-0.05, 0) is 72.2 Å². The molecule has 0 aromatic heterocycles. The van der Waals surface area contributed by atoms with Gasteiger partial charge in [0, 0.05) is 28.8 Å². The second kappa shape index (κ2) is 13.6. The first-order valence-corrected chi connectivity index (χ1v) is 12.8. The maximum Gasteiger partial charge on any atom is 0.0533 e. The van der Waals surface area contributed by atoms with Gasteiger partial charge in [0.05, 0.1) is 5.69 Å². The summed E-state index contributed by atoms with van der Waals surface area (Å²) in [5.41, 5.74) is 10.4. The van der Waals surface area contributed by atoms with Crippen LogP contribution >= 0.6 is 0 Å². The molecule has 0 atom stereocenters. The van der Waals surface area contributed by atoms with Crippen molar-refractivity contribution in [2.45, 2.75) is 6.92 Å². The van der Waals surface area contributed by atoms with Crippen LogP contribution in [0, 0.1) is 6.92 Å². The lowest BCUT2D eigenvalue weighted by Gasteiger charge is -2.27. The SMILES string of the molecule is C=C1c2ccccc2/C=C\N(c2ccc(C)cc2)c2ccccc21.NN.c1ccc(Nc2ccccc2)cc1. The van der Waals surface area contributed by atoms with E-state index in [0.717, 1.165) is 33.9 Å². The molecule has 0 spiro atoms. The minimum absolute atomic E-state index is 1.06. The van der Waals surface area contributed by atoms with Crippen molar-refractivity contribution in [2.24, 2.45) is 11.7 Å². The van der Waals surface area contributed by atoms with Crippen LogP contribution in [0.4, 0.5) is 22.7 Å². The topological polar surface area (TPSA) is 67.3 Å². The zero-order valence-electron chi connectivity index (χ0n) is 22.2. The lowest BCUT2D eigenvalue weighted by atomic mass is 9.92. The lowest BCUT2D eigenvalue weighted by molar-refractivity contribution is 1.26. The van der Waals surface area contributed by atoms with Crippen LogP contribution in [-0.4, -0.2) is 0 Å². The fourth-order valence-electron chi connectivity index (χ4n) is 4.38. The van der Waals surface area contributed by atoms with Gasteiger partial charge in [0.15, 0.2) is 0 Å². The number of nitrogens with zero attached hydrogens (tertiary/aromatic N) is 1. The number of rotatable bonds is 3. The van der Waals surface area contributed by atoms with Crippen LogP contribution in [0.1, 0.15) is 22.3 Å². The highest BCUT2D eigenvalue weighted by molar-refractivity contribution is 5.92. The molecule has 0 saturated carbocycles. The van der Waals surface area contributed by atoms with Crippen molar-refractivity contribution >= 4 is 34.4 Å². The van der Waals surface area contributed by atoms with Gasteiger partial charge in [-0.2, -0.15) is 0 Å². The van der Waals surface area contributed by atoms with Crippen molar-refractivity contribution in [2.75, 3.05) is 10.2 Å². The summed E-state index contributed by atoms with van der Waals surface area (Å²) in [6.45, 7) is 6.49. The Labute approximate surface area is 231 Å². The number of benzene rings is 5. The molecule has 0 fully saturated rings. The maximum absolute atomic E-state index is 4.38. The van der Waals surface area contributed by atoms with Crippen molar-refractivity contribution in [3.05, 3.63) is 168 Å². The fourth-order valence-corrected chi connectivity index (χ4v) is 4.38. The van der Waals surface area contributed by atoms with Crippen LogP contribution < -0.4 is 21.9 Å². The van der Waals surface area contributed by atoms with Gasteiger partial charge in [-0.1, -0.05) is 103 Å². The van der Waals surface area contributed by atoms with Crippen LogP contribution in [-0.2, 0) is 0 Å². The van der Waals surface area contributed by atoms with E-state index in [1.54, 1.807) is 0 Å². The summed E-state index contributed by atoms with van der Waals surface area (Å²) in [6.07, 6.45) is 4.31. The maximum atomic E-state index is 4.38. The van der Waals surface area contributed by atoms with Gasteiger partial charge in [-0.3, -0.25) is 11.7 Å². The van der Waals surface area contributed by atoms with Gasteiger partial charge in [-0.25, -0.2) is 0 Å². The second-order valence-electron chi connectivity index (χ2n) is 8.96. The molecule has 0 amide bonds. The number of nitrogens with one attached hydrogen (secondary N) is 1. The average molecular weight is 511 g/mol. The number of anilines is 4. The summed E-state index contributed by atoms with van der Waals surface area (Å²) in [5, 5.41) is 3.30. The quantitative estimate of drug-likeness (QED) is 0.168. The van der Waals surface area contributed by atoms with Crippen LogP contribution in [0.15, 0.2) is 146 Å². The molecule has 0 radical (unpaired) electrons. The highest BCUT2D eigenvalue weighted by atomic mass is 15.1. The monoisotopic (exact) mass is 510 g/mol. The third kappa shape index (κ3) is 6.90. The van der Waals surface area contributed by atoms with E-state index in [1.165, 1.54) is 16.7 Å². The second-order valence-corrected chi connectivity index (χ2v) is 8.96. The third-order valence-corrected chi connectivity index (χ3v) is 6.33. The summed E-state index contributed by atoms with van der Waals surface area (Å²) >= 11 is 0. The Balaban J connectivity index is 0.000000199. The van der Waals surface area contributed by atoms with Crippen molar-refractivity contribution in [3.63, 3.8) is 0 Å². The number of para-hydroxylation sites is 3. The van der Waals surface area contributed by atoms with Gasteiger partial charge < -0.3 is 10.2 Å². The van der Waals surface area contributed by atoms with Gasteiger partial charge in [0.25, 0.3) is 0 Å². The molecule has 4 nitrogen and oxygen atoms in total. The van der Waals surface area contributed by atoms with Crippen molar-refractivity contribution in [3.8, 4) is 0 Å². The van der Waals surface area contributed by atoms with E-state index in [-0.39, 0.29) is 0 Å². The van der Waals surface area contributed by atoms with E-state index in [0.29, 0.717) is 0 Å². The van der Waals surface area contributed by atoms with E-state index < -0.39 is 0 Å². The van der Waals surface area contributed by atoms with Crippen LogP contribution in [0.5, 0.6) is 0 Å². The molecule has 0 saturated heterocycles. The molecule has 1 aliphatic rings. The Morgan fingerprint density at radius 1 is 0.590 bits per heavy atom. The number of fused-ring (bicyclic) bond motifs is 2. The highest BCUT2D eigenvalue weighted by Crippen LogP contribution is 2.38. The lowest BCUT2D eigenvalue weighted by Crippen LogP contribution is -2.12. The summed E-state index contributed by atoms with van der Waals surface area (Å²) in [5.74, 6) is 8.00. The van der Waals surface area contributed by atoms with E-state index in [4.69, 9.17) is 0 Å². The average Bonchev–Trinajstić information content (AvgIpc) is 3.00. The largest absolute Gasteiger partial charge is 0.356 e. The molecule has 194 valence electrons. The molecule has 4 heteroatoms. The molecule has 5 aromatic rings. The molecule has 0 aliphatic carbocycles. The van der Waals surface area contributed by atoms with E-state index >= 15 is 0 Å². The van der Waals surface area contributed by atoms with Crippen molar-refractivity contribution < 1.29 is 0 Å². The zero-order chi connectivity index (χ0) is 27.5. The molecule has 0 bridgehead atoms. The van der Waals surface area contributed by atoms with Crippen LogP contribution in [0.3, 0.4) is 0 Å². The number of aryl methyl sites for hydroxylation is 1. The molecule has 5 N–H and O–H groups in total. The minimum Gasteiger partial charge on any atom is -0.356 e. The summed E-state index contributed by atoms with van der Waals surface area (Å²) in [4.78, 5) is 2.23. The first kappa shape index (κ1) is 27.1. The third-order valence-electron chi connectivity index (χ3n) is 6.33. The van der Waals surface area contributed by atoms with Gasteiger partial charge in [0.1, 0.15) is 0 Å². The Kier molecular flexibility index (Phi) is 9.46. The molecule has 39 heavy (non-hydrogen) atoms. The first-order valence-electron chi connectivity index (χ1n) is 12.8. The van der Waals surface area contributed by atoms with Gasteiger partial charge in [0.2, 0.25) is 0 Å². The number of hydrogen-bond donors (Lipinski definition) is 3. The normalized spacial score (nSPS) is 12.2. The number of nitrogens with two attached hydrogens (primary N) is 2. The highest BCUT2D eigenvalue weighted by Gasteiger charge is 2.17. The number of hydrazine groups is 1. The molecule has 5 aromatic carbocycles. The van der Waals surface area contributed by atoms with Crippen molar-refractivity contribution in [1.82, 2.24) is 0 Å². The minimum atomic E-state index is 1.06. The molecular weight excluding hydrogens is 476 g/mol. The Bertz CT molecular complexity index is 1470. The fraction of sp³-hybridized carbons (Fsp3) is 0.0286. The predicted octanol–water partition coefficient (Wildman–Crippen LogP) is 8.43. The zero-order valence-corrected chi connectivity index (χ0v) is 22.2. The Hall–Kier alpha value is -4.90. The predicted molar refractivity (Wildman–Crippen MR) is 168 cm³/mol. The van der Waals surface area contributed by atoms with Crippen LogP contribution in [0.25, 0.3) is 11.6 Å². The summed E-state index contributed by atoms with van der Waals surface area (Å²) in [6, 6.07) is 45.8. The van der Waals surface area contributed by atoms with Crippen LogP contribution in [0.2, 0.25) is 0 Å². The van der Waals surface area contributed by atoms with E-state index in [2.05, 4.69) is 120 Å². The Morgan fingerprint density at radius 2 is 1.10 bits per heavy atom. The first-order chi connectivity index (χ1) is 19.2. The molecule has 1 aliphatic heterocycles. The van der Waals surface area contributed by atoms with E-state index in [9.17, 15) is 0 Å². The van der Waals surface area contributed by atoms with Crippen molar-refractivity contribution in [1.29, 1.82) is 0 Å². The van der Waals surface area contributed by atoms with E-state index in [1.807, 2.05) is 60.7 Å². The smallest absolute Gasteiger partial charge is 0.0533 e.